The van der Waals surface area contributed by atoms with E-state index in [0.29, 0.717) is 36.0 Å². The molecule has 0 atom stereocenters. The summed E-state index contributed by atoms with van der Waals surface area (Å²) >= 11 is 0. The van der Waals surface area contributed by atoms with E-state index in [2.05, 4.69) is 10.0 Å². The summed E-state index contributed by atoms with van der Waals surface area (Å²) in [7, 11) is -3.61. The van der Waals surface area contributed by atoms with Gasteiger partial charge in [-0.2, -0.15) is 0 Å². The molecule has 2 aromatic rings. The van der Waals surface area contributed by atoms with E-state index < -0.39 is 15.9 Å². The van der Waals surface area contributed by atoms with Crippen molar-refractivity contribution in [2.45, 2.75) is 12.7 Å². The van der Waals surface area contributed by atoms with E-state index in [1.807, 2.05) is 19.1 Å². The number of hydrogen-bond donors (Lipinski definition) is 2. The van der Waals surface area contributed by atoms with E-state index in [1.165, 1.54) is 0 Å². The molecular formula is C18H20N2O5S. The average Bonchev–Trinajstić information content (AvgIpc) is 2.62. The number of amides is 1. The van der Waals surface area contributed by atoms with Gasteiger partial charge >= 0.3 is 0 Å². The van der Waals surface area contributed by atoms with Gasteiger partial charge < -0.3 is 14.8 Å². The predicted octanol–water partition coefficient (Wildman–Crippen LogP) is 1.82. The van der Waals surface area contributed by atoms with Crippen LogP contribution in [0.5, 0.6) is 11.5 Å². The third-order valence-electron chi connectivity index (χ3n) is 3.89. The number of aryl methyl sites for hydroxylation is 1. The topological polar surface area (TPSA) is 93.7 Å². The van der Waals surface area contributed by atoms with Crippen LogP contribution in [0.4, 0.5) is 5.69 Å². The predicted molar refractivity (Wildman–Crippen MR) is 97.9 cm³/mol. The first-order chi connectivity index (χ1) is 12.4. The van der Waals surface area contributed by atoms with Crippen LogP contribution in [-0.2, 0) is 20.6 Å². The summed E-state index contributed by atoms with van der Waals surface area (Å²) in [6.07, 6.45) is 0. The minimum atomic E-state index is -3.61. The molecule has 0 fully saturated rings. The molecule has 0 radical (unpaired) electrons. The van der Waals surface area contributed by atoms with Gasteiger partial charge in [-0.05, 0) is 30.2 Å². The fourth-order valence-electron chi connectivity index (χ4n) is 2.53. The van der Waals surface area contributed by atoms with Gasteiger partial charge in [0.2, 0.25) is 15.9 Å². The highest BCUT2D eigenvalue weighted by Gasteiger charge is 2.16. The van der Waals surface area contributed by atoms with Crippen LogP contribution in [0.3, 0.4) is 0 Å². The highest BCUT2D eigenvalue weighted by atomic mass is 32.2. The molecule has 138 valence electrons. The van der Waals surface area contributed by atoms with E-state index in [-0.39, 0.29) is 12.3 Å². The second-order valence-corrected chi connectivity index (χ2v) is 7.72. The van der Waals surface area contributed by atoms with E-state index in [9.17, 15) is 13.2 Å². The number of carbonyl (C=O) groups is 1. The molecule has 0 aliphatic carbocycles. The van der Waals surface area contributed by atoms with Gasteiger partial charge in [-0.3, -0.25) is 4.79 Å². The standard InChI is InChI=1S/C18H20N2O5S/c1-13-4-2-3-5-14(13)12-26(22,23)19-11-18(21)20-15-6-7-16-17(10-15)25-9-8-24-16/h2-7,10,19H,8-9,11-12H2,1H3,(H,20,21). The Bertz CT molecular complexity index is 912. The van der Waals surface area contributed by atoms with E-state index in [0.717, 1.165) is 5.56 Å². The molecule has 2 N–H and O–H groups in total. The molecule has 7 nitrogen and oxygen atoms in total. The summed E-state index contributed by atoms with van der Waals surface area (Å²) in [5, 5.41) is 2.64. The fourth-order valence-corrected chi connectivity index (χ4v) is 3.72. The Labute approximate surface area is 152 Å². The number of sulfonamides is 1. The second kappa shape index (κ2) is 7.76. The Morgan fingerprint density at radius 1 is 1.08 bits per heavy atom. The molecule has 2 aromatic carbocycles. The number of fused-ring (bicyclic) bond motifs is 1. The van der Waals surface area contributed by atoms with Gasteiger partial charge in [-0.1, -0.05) is 24.3 Å². The maximum Gasteiger partial charge on any atom is 0.239 e. The maximum atomic E-state index is 12.2. The van der Waals surface area contributed by atoms with Gasteiger partial charge in [-0.15, -0.1) is 0 Å². The molecule has 1 aliphatic rings. The van der Waals surface area contributed by atoms with Crippen molar-refractivity contribution in [3.63, 3.8) is 0 Å². The summed E-state index contributed by atoms with van der Waals surface area (Å²) in [5.74, 6) is 0.536. The van der Waals surface area contributed by atoms with Crippen molar-refractivity contribution in [2.75, 3.05) is 25.1 Å². The Balaban J connectivity index is 1.56. The SMILES string of the molecule is Cc1ccccc1CS(=O)(=O)NCC(=O)Nc1ccc2c(c1)OCCO2. The van der Waals surface area contributed by atoms with Crippen molar-refractivity contribution in [1.29, 1.82) is 0 Å². The Kier molecular flexibility index (Phi) is 5.43. The highest BCUT2D eigenvalue weighted by molar-refractivity contribution is 7.88. The lowest BCUT2D eigenvalue weighted by Gasteiger charge is -2.19. The third kappa shape index (κ3) is 4.74. The normalized spacial score (nSPS) is 13.3. The van der Waals surface area contributed by atoms with Crippen LogP contribution < -0.4 is 19.5 Å². The van der Waals surface area contributed by atoms with E-state index in [1.54, 1.807) is 30.3 Å². The summed E-state index contributed by atoms with van der Waals surface area (Å²) in [4.78, 5) is 12.0. The summed E-state index contributed by atoms with van der Waals surface area (Å²) < 4.78 is 37.5. The number of nitrogens with one attached hydrogen (secondary N) is 2. The van der Waals surface area contributed by atoms with Crippen LogP contribution in [-0.4, -0.2) is 34.1 Å². The molecule has 26 heavy (non-hydrogen) atoms. The Morgan fingerprint density at radius 3 is 2.58 bits per heavy atom. The fraction of sp³-hybridized carbons (Fsp3) is 0.278. The van der Waals surface area contributed by atoms with Gasteiger partial charge in [0, 0.05) is 11.8 Å². The van der Waals surface area contributed by atoms with Crippen LogP contribution in [0.2, 0.25) is 0 Å². The van der Waals surface area contributed by atoms with Crippen molar-refractivity contribution in [3.05, 3.63) is 53.6 Å². The molecule has 0 unspecified atom stereocenters. The molecular weight excluding hydrogens is 356 g/mol. The molecule has 0 aromatic heterocycles. The summed E-state index contributed by atoms with van der Waals surface area (Å²) in [5.41, 5.74) is 2.10. The smallest absolute Gasteiger partial charge is 0.239 e. The minimum Gasteiger partial charge on any atom is -0.486 e. The maximum absolute atomic E-state index is 12.2. The molecule has 0 spiro atoms. The number of hydrogen-bond acceptors (Lipinski definition) is 5. The monoisotopic (exact) mass is 376 g/mol. The van der Waals surface area contributed by atoms with Crippen molar-refractivity contribution in [2.24, 2.45) is 0 Å². The Morgan fingerprint density at radius 2 is 1.81 bits per heavy atom. The quantitative estimate of drug-likeness (QED) is 0.802. The first kappa shape index (κ1) is 18.2. The van der Waals surface area contributed by atoms with Crippen molar-refractivity contribution in [3.8, 4) is 11.5 Å². The lowest BCUT2D eigenvalue weighted by molar-refractivity contribution is -0.115. The van der Waals surface area contributed by atoms with Crippen LogP contribution in [0, 0.1) is 6.92 Å². The number of rotatable bonds is 6. The first-order valence-corrected chi connectivity index (χ1v) is 9.79. The van der Waals surface area contributed by atoms with Gasteiger partial charge in [0.25, 0.3) is 0 Å². The summed E-state index contributed by atoms with van der Waals surface area (Å²) in [6, 6.07) is 12.3. The third-order valence-corrected chi connectivity index (χ3v) is 5.16. The van der Waals surface area contributed by atoms with E-state index >= 15 is 0 Å². The van der Waals surface area contributed by atoms with Crippen molar-refractivity contribution >= 4 is 21.6 Å². The lowest BCUT2D eigenvalue weighted by atomic mass is 10.1. The molecule has 3 rings (SSSR count). The van der Waals surface area contributed by atoms with Crippen LogP contribution >= 0.6 is 0 Å². The largest absolute Gasteiger partial charge is 0.486 e. The number of benzene rings is 2. The molecule has 0 bridgehead atoms. The van der Waals surface area contributed by atoms with Crippen LogP contribution in [0.25, 0.3) is 0 Å². The average molecular weight is 376 g/mol. The number of anilines is 1. The second-order valence-electron chi connectivity index (χ2n) is 5.91. The zero-order chi connectivity index (χ0) is 18.6. The molecule has 1 amide bonds. The minimum absolute atomic E-state index is 0.170. The molecule has 1 heterocycles. The van der Waals surface area contributed by atoms with Crippen LogP contribution in [0.15, 0.2) is 42.5 Å². The lowest BCUT2D eigenvalue weighted by Crippen LogP contribution is -2.33. The van der Waals surface area contributed by atoms with Crippen LogP contribution in [0.1, 0.15) is 11.1 Å². The highest BCUT2D eigenvalue weighted by Crippen LogP contribution is 2.32. The molecule has 0 saturated carbocycles. The van der Waals surface area contributed by atoms with Gasteiger partial charge in [0.1, 0.15) is 13.2 Å². The van der Waals surface area contributed by atoms with Gasteiger partial charge in [-0.25, -0.2) is 13.1 Å². The van der Waals surface area contributed by atoms with Crippen molar-refractivity contribution < 1.29 is 22.7 Å². The van der Waals surface area contributed by atoms with E-state index in [4.69, 9.17) is 9.47 Å². The molecule has 0 saturated heterocycles. The zero-order valence-corrected chi connectivity index (χ0v) is 15.1. The number of ether oxygens (including phenoxy) is 2. The van der Waals surface area contributed by atoms with Gasteiger partial charge in [0.15, 0.2) is 11.5 Å². The van der Waals surface area contributed by atoms with Gasteiger partial charge in [0.05, 0.1) is 12.3 Å². The molecule has 1 aliphatic heterocycles. The zero-order valence-electron chi connectivity index (χ0n) is 14.3. The first-order valence-electron chi connectivity index (χ1n) is 8.14. The van der Waals surface area contributed by atoms with Crippen molar-refractivity contribution in [1.82, 2.24) is 4.72 Å². The Hall–Kier alpha value is -2.58. The number of carbonyl (C=O) groups excluding carboxylic acids is 1. The summed E-state index contributed by atoms with van der Waals surface area (Å²) in [6.45, 7) is 2.44. The molecule has 8 heteroatoms.